The number of hydrogen-bond donors (Lipinski definition) is 2. The lowest BCUT2D eigenvalue weighted by Gasteiger charge is -2.10. The molecule has 2 heterocycles. The van der Waals surface area contributed by atoms with Crippen LogP contribution in [0.25, 0.3) is 0 Å². The molecule has 0 saturated carbocycles. The van der Waals surface area contributed by atoms with E-state index in [-0.39, 0.29) is 0 Å². The van der Waals surface area contributed by atoms with Crippen molar-refractivity contribution < 1.29 is 0 Å². The van der Waals surface area contributed by atoms with E-state index < -0.39 is 0 Å². The molecule has 0 radical (unpaired) electrons. The van der Waals surface area contributed by atoms with Crippen molar-refractivity contribution in [3.8, 4) is 0 Å². The van der Waals surface area contributed by atoms with Crippen LogP contribution in [0.2, 0.25) is 0 Å². The minimum Gasteiger partial charge on any atom is -0.373 e. The Balaban J connectivity index is 1.94. The Morgan fingerprint density at radius 3 is 2.67 bits per heavy atom. The lowest BCUT2D eigenvalue weighted by atomic mass is 10.3. The molecular formula is C11H17N7. The van der Waals surface area contributed by atoms with Crippen LogP contribution in [0.5, 0.6) is 0 Å². The van der Waals surface area contributed by atoms with Crippen molar-refractivity contribution in [2.24, 2.45) is 7.05 Å². The van der Waals surface area contributed by atoms with E-state index in [0.717, 1.165) is 36.0 Å². The van der Waals surface area contributed by atoms with Gasteiger partial charge in [0.2, 0.25) is 0 Å². The van der Waals surface area contributed by atoms with Crippen molar-refractivity contribution in [2.75, 3.05) is 24.2 Å². The molecule has 7 heteroatoms. The summed E-state index contributed by atoms with van der Waals surface area (Å²) >= 11 is 0. The Labute approximate surface area is 106 Å². The molecule has 96 valence electrons. The highest BCUT2D eigenvalue weighted by atomic mass is 15.3. The Hall–Kier alpha value is -2.18. The zero-order valence-corrected chi connectivity index (χ0v) is 10.8. The fraction of sp³-hybridized carbons (Fsp3) is 0.455. The molecule has 2 N–H and O–H groups in total. The Morgan fingerprint density at radius 1 is 1.22 bits per heavy atom. The molecule has 0 atom stereocenters. The van der Waals surface area contributed by atoms with Crippen molar-refractivity contribution in [1.29, 1.82) is 0 Å². The molecule has 0 fully saturated rings. The first kappa shape index (κ1) is 12.3. The normalized spacial score (nSPS) is 10.4. The van der Waals surface area contributed by atoms with E-state index in [1.54, 1.807) is 17.3 Å². The number of hydrogen-bond acceptors (Lipinski definition) is 6. The van der Waals surface area contributed by atoms with Gasteiger partial charge in [0.05, 0.1) is 0 Å². The Morgan fingerprint density at radius 2 is 2.00 bits per heavy atom. The number of nitrogens with one attached hydrogen (secondary N) is 2. The minimum atomic E-state index is 0.741. The van der Waals surface area contributed by atoms with E-state index in [4.69, 9.17) is 0 Å². The summed E-state index contributed by atoms with van der Waals surface area (Å²) in [5, 5.41) is 10.5. The number of anilines is 2. The number of nitrogens with zero attached hydrogens (tertiary/aromatic N) is 5. The fourth-order valence-corrected chi connectivity index (χ4v) is 1.67. The van der Waals surface area contributed by atoms with Gasteiger partial charge in [-0.15, -0.1) is 0 Å². The number of aromatic nitrogens is 5. The molecule has 0 aliphatic rings. The summed E-state index contributed by atoms with van der Waals surface area (Å²) in [7, 11) is 3.70. The second-order valence-corrected chi connectivity index (χ2v) is 3.96. The van der Waals surface area contributed by atoms with Crippen LogP contribution in [0.3, 0.4) is 0 Å². The summed E-state index contributed by atoms with van der Waals surface area (Å²) in [5.74, 6) is 2.50. The predicted octanol–water partition coefficient (Wildman–Crippen LogP) is 0.610. The Kier molecular flexibility index (Phi) is 3.71. The van der Waals surface area contributed by atoms with Gasteiger partial charge in [-0.1, -0.05) is 0 Å². The zero-order valence-electron chi connectivity index (χ0n) is 10.8. The summed E-state index contributed by atoms with van der Waals surface area (Å²) in [6.45, 7) is 2.72. The fourth-order valence-electron chi connectivity index (χ4n) is 1.67. The molecule has 0 bridgehead atoms. The molecule has 2 aromatic rings. The standard InChI is InChI=1S/C11H17N7/c1-8-10(12-2)14-6-15-11(8)13-5-4-9-16-7-18(3)17-9/h6-7H,4-5H2,1-3H3,(H2,12,13,14,15). The van der Waals surface area contributed by atoms with Gasteiger partial charge in [-0.3, -0.25) is 4.68 Å². The highest BCUT2D eigenvalue weighted by Gasteiger charge is 2.05. The number of aryl methyl sites for hydroxylation is 1. The van der Waals surface area contributed by atoms with Crippen molar-refractivity contribution in [3.63, 3.8) is 0 Å². The van der Waals surface area contributed by atoms with Crippen LogP contribution in [-0.2, 0) is 13.5 Å². The summed E-state index contributed by atoms with van der Waals surface area (Å²) in [6, 6.07) is 0. The molecule has 0 unspecified atom stereocenters. The van der Waals surface area contributed by atoms with E-state index in [1.807, 2.05) is 21.0 Å². The smallest absolute Gasteiger partial charge is 0.152 e. The van der Waals surface area contributed by atoms with Crippen LogP contribution in [0.4, 0.5) is 11.6 Å². The zero-order chi connectivity index (χ0) is 13.0. The summed E-state index contributed by atoms with van der Waals surface area (Å²) in [5.41, 5.74) is 1.01. The van der Waals surface area contributed by atoms with Gasteiger partial charge in [-0.25, -0.2) is 15.0 Å². The van der Waals surface area contributed by atoms with Crippen molar-refractivity contribution in [2.45, 2.75) is 13.3 Å². The molecule has 0 aliphatic carbocycles. The summed E-state index contributed by atoms with van der Waals surface area (Å²) < 4.78 is 1.70. The third-order valence-electron chi connectivity index (χ3n) is 2.61. The average molecular weight is 247 g/mol. The van der Waals surface area contributed by atoms with Gasteiger partial charge in [-0.2, -0.15) is 5.10 Å². The largest absolute Gasteiger partial charge is 0.373 e. The molecule has 0 saturated heterocycles. The quantitative estimate of drug-likeness (QED) is 0.805. The molecule has 0 aromatic carbocycles. The second-order valence-electron chi connectivity index (χ2n) is 3.96. The van der Waals surface area contributed by atoms with Crippen LogP contribution in [0.1, 0.15) is 11.4 Å². The third kappa shape index (κ3) is 2.73. The molecule has 0 amide bonds. The van der Waals surface area contributed by atoms with Gasteiger partial charge in [0.1, 0.15) is 24.3 Å². The van der Waals surface area contributed by atoms with Gasteiger partial charge in [-0.05, 0) is 6.92 Å². The first-order chi connectivity index (χ1) is 8.70. The minimum absolute atomic E-state index is 0.741. The average Bonchev–Trinajstić information content (AvgIpc) is 2.77. The van der Waals surface area contributed by atoms with E-state index >= 15 is 0 Å². The van der Waals surface area contributed by atoms with Crippen LogP contribution in [0, 0.1) is 6.92 Å². The molecular weight excluding hydrogens is 230 g/mol. The van der Waals surface area contributed by atoms with Crippen molar-refractivity contribution in [3.05, 3.63) is 24.0 Å². The SMILES string of the molecule is CNc1ncnc(NCCc2ncn(C)n2)c1C. The molecule has 7 nitrogen and oxygen atoms in total. The second kappa shape index (κ2) is 5.44. The van der Waals surface area contributed by atoms with E-state index in [1.165, 1.54) is 0 Å². The van der Waals surface area contributed by atoms with E-state index in [0.29, 0.717) is 0 Å². The van der Waals surface area contributed by atoms with E-state index in [2.05, 4.69) is 30.7 Å². The van der Waals surface area contributed by atoms with Gasteiger partial charge in [0.25, 0.3) is 0 Å². The van der Waals surface area contributed by atoms with Crippen LogP contribution < -0.4 is 10.6 Å². The van der Waals surface area contributed by atoms with Crippen LogP contribution in [-0.4, -0.2) is 38.3 Å². The lowest BCUT2D eigenvalue weighted by Crippen LogP contribution is -2.10. The van der Waals surface area contributed by atoms with Crippen LogP contribution in [0.15, 0.2) is 12.7 Å². The number of rotatable bonds is 5. The van der Waals surface area contributed by atoms with Gasteiger partial charge < -0.3 is 10.6 Å². The Bertz CT molecular complexity index is 520. The molecule has 0 aliphatic heterocycles. The van der Waals surface area contributed by atoms with Crippen molar-refractivity contribution in [1.82, 2.24) is 24.7 Å². The van der Waals surface area contributed by atoms with Gasteiger partial charge in [0, 0.05) is 32.6 Å². The van der Waals surface area contributed by atoms with Gasteiger partial charge in [0.15, 0.2) is 5.82 Å². The molecule has 18 heavy (non-hydrogen) atoms. The first-order valence-electron chi connectivity index (χ1n) is 5.78. The topological polar surface area (TPSA) is 80.5 Å². The maximum Gasteiger partial charge on any atom is 0.152 e. The molecule has 2 aromatic heterocycles. The maximum absolute atomic E-state index is 4.22. The summed E-state index contributed by atoms with van der Waals surface area (Å²) in [6.07, 6.45) is 4.00. The third-order valence-corrected chi connectivity index (χ3v) is 2.61. The first-order valence-corrected chi connectivity index (χ1v) is 5.78. The maximum atomic E-state index is 4.22. The van der Waals surface area contributed by atoms with E-state index in [9.17, 15) is 0 Å². The highest BCUT2D eigenvalue weighted by molar-refractivity contribution is 5.55. The predicted molar refractivity (Wildman–Crippen MR) is 69.5 cm³/mol. The van der Waals surface area contributed by atoms with Crippen LogP contribution >= 0.6 is 0 Å². The molecule has 0 spiro atoms. The molecule has 2 rings (SSSR count). The lowest BCUT2D eigenvalue weighted by molar-refractivity contribution is 0.741. The summed E-state index contributed by atoms with van der Waals surface area (Å²) in [4.78, 5) is 12.5. The highest BCUT2D eigenvalue weighted by Crippen LogP contribution is 2.17. The van der Waals surface area contributed by atoms with Gasteiger partial charge >= 0.3 is 0 Å². The monoisotopic (exact) mass is 247 g/mol. The van der Waals surface area contributed by atoms with Crippen molar-refractivity contribution >= 4 is 11.6 Å².